The monoisotopic (exact) mass is 586 g/mol. The van der Waals surface area contributed by atoms with Crippen LogP contribution in [0.4, 0.5) is 0 Å². The van der Waals surface area contributed by atoms with Crippen molar-refractivity contribution >= 4 is 40.7 Å². The lowest BCUT2D eigenvalue weighted by Crippen LogP contribution is -2.43. The second-order valence-corrected chi connectivity index (χ2v) is 12.8. The molecule has 5 aromatic rings. The van der Waals surface area contributed by atoms with Gasteiger partial charge in [-0.15, -0.1) is 10.2 Å². The zero-order valence-corrected chi connectivity index (χ0v) is 24.3. The lowest BCUT2D eigenvalue weighted by molar-refractivity contribution is 0.283. The first-order valence-electron chi connectivity index (χ1n) is 13.7. The predicted molar refractivity (Wildman–Crippen MR) is 163 cm³/mol. The summed E-state index contributed by atoms with van der Waals surface area (Å²) in [5.41, 5.74) is 6.41. The van der Waals surface area contributed by atoms with Crippen LogP contribution in [-0.2, 0) is 24.1 Å². The first-order chi connectivity index (χ1) is 19.5. The number of thioether (sulfide) groups is 1. The number of nitrogens with zero attached hydrogens (tertiary/aromatic N) is 4. The maximum atomic E-state index is 14.7. The quantitative estimate of drug-likeness (QED) is 0.196. The van der Waals surface area contributed by atoms with Gasteiger partial charge in [0, 0.05) is 32.3 Å². The third kappa shape index (κ3) is 4.47. The second-order valence-electron chi connectivity index (χ2n) is 10.9. The van der Waals surface area contributed by atoms with Crippen molar-refractivity contribution in [2.45, 2.75) is 61.4 Å². The van der Waals surface area contributed by atoms with E-state index in [1.54, 1.807) is 4.40 Å². The van der Waals surface area contributed by atoms with Crippen molar-refractivity contribution in [3.05, 3.63) is 115 Å². The standard InChI is InChI=1S/C32H28Cl2N4OS/c33-24-12-8-21(9-13-24)19-37-28-26-7-3-2-6-23(26)18-32(16-4-1-5-17-32)27(28)29(39)38-30(37)35-36-31(38)40-20-22-10-14-25(34)15-11-22/h2-3,6-15H,1,4-5,16-20H2. The van der Waals surface area contributed by atoms with Crippen molar-refractivity contribution in [1.29, 1.82) is 0 Å². The fourth-order valence-corrected chi connectivity index (χ4v) is 7.71. The lowest BCUT2D eigenvalue weighted by Gasteiger charge is -2.43. The molecule has 0 aliphatic heterocycles. The highest BCUT2D eigenvalue weighted by Crippen LogP contribution is 2.49. The van der Waals surface area contributed by atoms with Crippen molar-refractivity contribution in [3.63, 3.8) is 0 Å². The lowest BCUT2D eigenvalue weighted by atomic mass is 9.62. The Bertz CT molecular complexity index is 1770. The summed E-state index contributed by atoms with van der Waals surface area (Å²) < 4.78 is 3.98. The number of fused-ring (bicyclic) bond motifs is 5. The van der Waals surface area contributed by atoms with Gasteiger partial charge in [-0.05, 0) is 60.2 Å². The Kier molecular flexibility index (Phi) is 6.73. The highest BCUT2D eigenvalue weighted by Gasteiger charge is 2.44. The second kappa shape index (κ2) is 10.4. The third-order valence-electron chi connectivity index (χ3n) is 8.46. The minimum atomic E-state index is -0.183. The van der Waals surface area contributed by atoms with E-state index in [2.05, 4.69) is 39.0 Å². The number of benzene rings is 3. The Hall–Kier alpha value is -3.06. The molecule has 202 valence electrons. The third-order valence-corrected chi connectivity index (χ3v) is 9.96. The van der Waals surface area contributed by atoms with Crippen LogP contribution in [0.15, 0.2) is 82.7 Å². The smallest absolute Gasteiger partial charge is 0.265 e. The van der Waals surface area contributed by atoms with Crippen molar-refractivity contribution in [3.8, 4) is 11.3 Å². The van der Waals surface area contributed by atoms with E-state index in [0.29, 0.717) is 33.3 Å². The van der Waals surface area contributed by atoms with Gasteiger partial charge >= 0.3 is 0 Å². The summed E-state index contributed by atoms with van der Waals surface area (Å²) in [6.07, 6.45) is 6.42. The Balaban J connectivity index is 1.46. The van der Waals surface area contributed by atoms with Crippen molar-refractivity contribution < 1.29 is 0 Å². The molecule has 8 heteroatoms. The van der Waals surface area contributed by atoms with Crippen LogP contribution in [0.1, 0.15) is 54.4 Å². The summed E-state index contributed by atoms with van der Waals surface area (Å²) in [5, 5.41) is 11.2. The first-order valence-corrected chi connectivity index (χ1v) is 15.5. The summed E-state index contributed by atoms with van der Waals surface area (Å²) in [5.74, 6) is 1.24. The van der Waals surface area contributed by atoms with E-state index < -0.39 is 0 Å². The van der Waals surface area contributed by atoms with E-state index in [1.807, 2.05) is 48.5 Å². The van der Waals surface area contributed by atoms with E-state index in [0.717, 1.165) is 60.1 Å². The summed E-state index contributed by atoms with van der Waals surface area (Å²) in [6.45, 7) is 0.563. The van der Waals surface area contributed by atoms with Gasteiger partial charge in [0.25, 0.3) is 5.56 Å². The predicted octanol–water partition coefficient (Wildman–Crippen LogP) is 7.96. The van der Waals surface area contributed by atoms with Gasteiger partial charge in [0.2, 0.25) is 5.78 Å². The van der Waals surface area contributed by atoms with Gasteiger partial charge in [0.05, 0.1) is 12.2 Å². The molecular formula is C32H28Cl2N4OS. The highest BCUT2D eigenvalue weighted by atomic mass is 35.5. The van der Waals surface area contributed by atoms with E-state index in [4.69, 9.17) is 23.2 Å². The molecule has 2 aliphatic rings. The van der Waals surface area contributed by atoms with Crippen LogP contribution in [0.2, 0.25) is 10.0 Å². The van der Waals surface area contributed by atoms with Crippen molar-refractivity contribution in [2.75, 3.05) is 0 Å². The van der Waals surface area contributed by atoms with Crippen LogP contribution < -0.4 is 5.56 Å². The van der Waals surface area contributed by atoms with Crippen LogP contribution in [0.5, 0.6) is 0 Å². The molecule has 1 spiro atoms. The van der Waals surface area contributed by atoms with Gasteiger partial charge in [0.15, 0.2) is 5.16 Å². The summed E-state index contributed by atoms with van der Waals surface area (Å²) in [6, 6.07) is 24.3. The van der Waals surface area contributed by atoms with Crippen LogP contribution >= 0.6 is 35.0 Å². The van der Waals surface area contributed by atoms with Crippen LogP contribution in [0, 0.1) is 0 Å². The average Bonchev–Trinajstić information content (AvgIpc) is 3.40. The first kappa shape index (κ1) is 25.9. The number of aromatic nitrogens is 4. The molecule has 1 saturated carbocycles. The molecule has 0 radical (unpaired) electrons. The number of hydrogen-bond acceptors (Lipinski definition) is 4. The van der Waals surface area contributed by atoms with Gasteiger partial charge in [-0.1, -0.05) is 103 Å². The molecule has 7 rings (SSSR count). The molecule has 2 aliphatic carbocycles. The minimum Gasteiger partial charge on any atom is -0.305 e. The van der Waals surface area contributed by atoms with E-state index in [9.17, 15) is 4.79 Å². The zero-order valence-electron chi connectivity index (χ0n) is 21.9. The molecular weight excluding hydrogens is 559 g/mol. The van der Waals surface area contributed by atoms with E-state index in [1.165, 1.54) is 23.7 Å². The molecule has 0 atom stereocenters. The molecule has 3 aromatic carbocycles. The van der Waals surface area contributed by atoms with E-state index >= 15 is 0 Å². The molecule has 2 heterocycles. The van der Waals surface area contributed by atoms with Gasteiger partial charge < -0.3 is 4.57 Å². The fraction of sp³-hybridized carbons (Fsp3) is 0.281. The fourth-order valence-electron chi connectivity index (χ4n) is 6.58. The molecule has 0 bridgehead atoms. The number of hydrogen-bond donors (Lipinski definition) is 0. The molecule has 0 N–H and O–H groups in total. The molecule has 0 amide bonds. The zero-order chi connectivity index (χ0) is 27.3. The Morgan fingerprint density at radius 1 is 0.825 bits per heavy atom. The number of halogens is 2. The van der Waals surface area contributed by atoms with Crippen LogP contribution in [-0.4, -0.2) is 19.2 Å². The number of rotatable bonds is 5. The minimum absolute atomic E-state index is 0.0253. The molecule has 0 unspecified atom stereocenters. The molecule has 1 fully saturated rings. The molecule has 5 nitrogen and oxygen atoms in total. The van der Waals surface area contributed by atoms with Gasteiger partial charge in [0.1, 0.15) is 0 Å². The summed E-state index contributed by atoms with van der Waals surface area (Å²) >= 11 is 13.8. The maximum absolute atomic E-state index is 14.7. The van der Waals surface area contributed by atoms with Crippen LogP contribution in [0.25, 0.3) is 17.0 Å². The topological polar surface area (TPSA) is 52.2 Å². The van der Waals surface area contributed by atoms with Gasteiger partial charge in [-0.2, -0.15) is 0 Å². The highest BCUT2D eigenvalue weighted by molar-refractivity contribution is 7.98. The van der Waals surface area contributed by atoms with Gasteiger partial charge in [-0.3, -0.25) is 4.79 Å². The van der Waals surface area contributed by atoms with Gasteiger partial charge in [-0.25, -0.2) is 4.40 Å². The van der Waals surface area contributed by atoms with Crippen LogP contribution in [0.3, 0.4) is 0 Å². The normalized spacial score (nSPS) is 15.8. The van der Waals surface area contributed by atoms with Crippen molar-refractivity contribution in [1.82, 2.24) is 19.2 Å². The largest absolute Gasteiger partial charge is 0.305 e. The maximum Gasteiger partial charge on any atom is 0.265 e. The average molecular weight is 588 g/mol. The SMILES string of the molecule is O=c1c2c(n(Cc3ccc(Cl)cc3)c3nnc(SCc4ccc(Cl)cc4)n13)-c1ccccc1CC21CCCCC1. The Morgan fingerprint density at radius 2 is 1.50 bits per heavy atom. The molecule has 0 saturated heterocycles. The molecule has 40 heavy (non-hydrogen) atoms. The summed E-state index contributed by atoms with van der Waals surface area (Å²) in [4.78, 5) is 14.7. The molecule has 2 aromatic heterocycles. The Morgan fingerprint density at radius 3 is 2.23 bits per heavy atom. The van der Waals surface area contributed by atoms with Crippen molar-refractivity contribution in [2.24, 2.45) is 0 Å². The van der Waals surface area contributed by atoms with E-state index in [-0.39, 0.29) is 11.0 Å². The summed E-state index contributed by atoms with van der Waals surface area (Å²) in [7, 11) is 0. The Labute approximate surface area is 247 Å².